The fourth-order valence-electron chi connectivity index (χ4n) is 3.09. The number of nitrogens with one attached hydrogen (secondary N) is 1. The molecule has 0 spiro atoms. The van der Waals surface area contributed by atoms with Gasteiger partial charge in [-0.15, -0.1) is 0 Å². The summed E-state index contributed by atoms with van der Waals surface area (Å²) in [7, 11) is 0. The van der Waals surface area contributed by atoms with Crippen LogP contribution in [0.15, 0.2) is 53.5 Å². The van der Waals surface area contributed by atoms with Gasteiger partial charge >= 0.3 is 6.18 Å². The summed E-state index contributed by atoms with van der Waals surface area (Å²) in [6, 6.07) is 8.19. The number of aromatic nitrogens is 2. The monoisotopic (exact) mass is 419 g/mol. The Hall–Kier alpha value is -3.44. The highest BCUT2D eigenvalue weighted by atomic mass is 19.4. The van der Waals surface area contributed by atoms with Crippen LogP contribution in [-0.2, 0) is 6.18 Å². The van der Waals surface area contributed by atoms with E-state index in [2.05, 4.69) is 15.3 Å². The Bertz CT molecular complexity index is 1170. The third-order valence-electron chi connectivity index (χ3n) is 4.50. The highest BCUT2D eigenvalue weighted by Crippen LogP contribution is 2.30. The summed E-state index contributed by atoms with van der Waals surface area (Å²) in [5.74, 6) is 0.0277. The molecule has 30 heavy (non-hydrogen) atoms. The molecule has 3 aromatic rings. The molecule has 4 rings (SSSR count). The molecule has 0 bridgehead atoms. The van der Waals surface area contributed by atoms with Crippen molar-refractivity contribution in [2.24, 2.45) is 10.7 Å². The summed E-state index contributed by atoms with van der Waals surface area (Å²) in [6.45, 7) is 1.69. The van der Waals surface area contributed by atoms with E-state index in [9.17, 15) is 22.8 Å². The summed E-state index contributed by atoms with van der Waals surface area (Å²) in [6.07, 6.45) is -4.22. The number of alkyl halides is 3. The molecule has 1 aliphatic heterocycles. The van der Waals surface area contributed by atoms with Gasteiger partial charge in [0.2, 0.25) is 0 Å². The minimum atomic E-state index is -4.47. The van der Waals surface area contributed by atoms with E-state index in [0.717, 1.165) is 12.1 Å². The van der Waals surface area contributed by atoms with Crippen molar-refractivity contribution in [1.29, 1.82) is 0 Å². The zero-order valence-corrected chi connectivity index (χ0v) is 15.5. The maximum atomic E-state index is 13.7. The van der Waals surface area contributed by atoms with Crippen molar-refractivity contribution in [3.05, 3.63) is 71.0 Å². The smallest absolute Gasteiger partial charge is 0.416 e. The number of halogens is 4. The zero-order chi connectivity index (χ0) is 21.6. The fourth-order valence-corrected chi connectivity index (χ4v) is 3.09. The first kappa shape index (κ1) is 19.9. The number of benzene rings is 2. The zero-order valence-electron chi connectivity index (χ0n) is 15.5. The molecule has 0 saturated carbocycles. The quantitative estimate of drug-likeness (QED) is 0.615. The van der Waals surface area contributed by atoms with E-state index in [-0.39, 0.29) is 17.5 Å². The first-order chi connectivity index (χ1) is 14.1. The normalized spacial score (nSPS) is 17.2. The van der Waals surface area contributed by atoms with Crippen LogP contribution in [0.25, 0.3) is 16.9 Å². The summed E-state index contributed by atoms with van der Waals surface area (Å²) >= 11 is 0. The summed E-state index contributed by atoms with van der Waals surface area (Å²) in [4.78, 5) is 8.58. The minimum absolute atomic E-state index is 0.217. The predicted molar refractivity (Wildman–Crippen MR) is 104 cm³/mol. The Morgan fingerprint density at radius 3 is 2.50 bits per heavy atom. The second-order valence-electron chi connectivity index (χ2n) is 6.60. The van der Waals surface area contributed by atoms with Crippen LogP contribution in [0.2, 0.25) is 0 Å². The molecule has 0 fully saturated rings. The van der Waals surface area contributed by atoms with Crippen LogP contribution in [0.3, 0.4) is 0 Å². The van der Waals surface area contributed by atoms with Gasteiger partial charge in [-0.05, 0) is 49.4 Å². The number of aliphatic imine (C=N–C) groups is 1. The number of imidazole rings is 1. The number of hydrogen-bond acceptors (Lipinski definition) is 6. The van der Waals surface area contributed by atoms with Gasteiger partial charge in [-0.1, -0.05) is 0 Å². The average molecular weight is 419 g/mol. The second kappa shape index (κ2) is 7.11. The molecule has 156 valence electrons. The van der Waals surface area contributed by atoms with Gasteiger partial charge < -0.3 is 21.3 Å². The standard InChI is InChI=1S/C19H15F4N6O/c1-10-25-14-7-4-12(20)8-15(14)28(10)17-9-16(24)29(30)18(27-17)26-13-5-2-11(3-6-13)19(21,22)23/h2-9,16H,24H2,1H3,(H,26,27)/q-1. The SMILES string of the molecule is Cc1nc2ccc(F)cc2n1C1=CC(N)N([O-])C(Nc2ccc(C(F)(F)F)cc2)=N1. The van der Waals surface area contributed by atoms with E-state index in [4.69, 9.17) is 5.73 Å². The molecule has 1 unspecified atom stereocenters. The molecule has 2 heterocycles. The molecule has 0 amide bonds. The van der Waals surface area contributed by atoms with E-state index >= 15 is 0 Å². The number of guanidine groups is 1. The second-order valence-corrected chi connectivity index (χ2v) is 6.60. The molecule has 2 aromatic carbocycles. The first-order valence-electron chi connectivity index (χ1n) is 8.75. The highest BCUT2D eigenvalue weighted by molar-refractivity contribution is 5.98. The number of aryl methyl sites for hydroxylation is 1. The van der Waals surface area contributed by atoms with Crippen LogP contribution < -0.4 is 11.1 Å². The summed E-state index contributed by atoms with van der Waals surface area (Å²) in [5, 5.41) is 15.4. The molecule has 11 heteroatoms. The van der Waals surface area contributed by atoms with Gasteiger partial charge in [0.25, 0.3) is 0 Å². The maximum Gasteiger partial charge on any atom is 0.416 e. The van der Waals surface area contributed by atoms with E-state index in [0.29, 0.717) is 21.9 Å². The first-order valence-corrected chi connectivity index (χ1v) is 8.75. The van der Waals surface area contributed by atoms with Gasteiger partial charge in [0, 0.05) is 11.8 Å². The number of nitrogens with zero attached hydrogens (tertiary/aromatic N) is 4. The van der Waals surface area contributed by atoms with E-state index < -0.39 is 23.7 Å². The van der Waals surface area contributed by atoms with Gasteiger partial charge in [-0.2, -0.15) is 18.2 Å². The van der Waals surface area contributed by atoms with Crippen LogP contribution in [0, 0.1) is 17.9 Å². The Labute approximate surface area is 167 Å². The number of anilines is 1. The number of hydrogen-bond donors (Lipinski definition) is 2. The molecule has 1 aliphatic rings. The van der Waals surface area contributed by atoms with Crippen molar-refractivity contribution in [3.8, 4) is 0 Å². The molecule has 0 radical (unpaired) electrons. The third kappa shape index (κ3) is 3.60. The van der Waals surface area contributed by atoms with Crippen LogP contribution in [0.5, 0.6) is 0 Å². The number of nitrogens with two attached hydrogens (primary N) is 1. The lowest BCUT2D eigenvalue weighted by atomic mass is 10.2. The van der Waals surface area contributed by atoms with Crippen LogP contribution in [0.1, 0.15) is 11.4 Å². The van der Waals surface area contributed by atoms with Crippen molar-refractivity contribution < 1.29 is 17.6 Å². The fraction of sp³-hybridized carbons (Fsp3) is 0.158. The van der Waals surface area contributed by atoms with Gasteiger partial charge in [0.05, 0.1) is 22.8 Å². The molecule has 0 aliphatic carbocycles. The Morgan fingerprint density at radius 2 is 1.83 bits per heavy atom. The van der Waals surface area contributed by atoms with Crippen molar-refractivity contribution in [3.63, 3.8) is 0 Å². The largest absolute Gasteiger partial charge is 0.755 e. The number of fused-ring (bicyclic) bond motifs is 1. The Morgan fingerprint density at radius 1 is 1.13 bits per heavy atom. The lowest BCUT2D eigenvalue weighted by molar-refractivity contribution is -0.137. The molecule has 0 saturated heterocycles. The van der Waals surface area contributed by atoms with Gasteiger partial charge in [-0.25, -0.2) is 9.37 Å². The number of rotatable bonds is 2. The number of hydroxylamine groups is 2. The molecule has 1 aromatic heterocycles. The average Bonchev–Trinajstić information content (AvgIpc) is 3.00. The van der Waals surface area contributed by atoms with Crippen molar-refractivity contribution >= 4 is 28.5 Å². The lowest BCUT2D eigenvalue weighted by Crippen LogP contribution is -2.46. The molecule has 3 N–H and O–H groups in total. The van der Waals surface area contributed by atoms with Crippen molar-refractivity contribution in [2.45, 2.75) is 19.3 Å². The van der Waals surface area contributed by atoms with Gasteiger partial charge in [-0.3, -0.25) is 4.57 Å². The van der Waals surface area contributed by atoms with Crippen molar-refractivity contribution in [1.82, 2.24) is 14.6 Å². The summed E-state index contributed by atoms with van der Waals surface area (Å²) < 4.78 is 53.5. The van der Waals surface area contributed by atoms with Crippen LogP contribution in [-0.4, -0.2) is 26.7 Å². The van der Waals surface area contributed by atoms with Gasteiger partial charge in [0.1, 0.15) is 17.5 Å². The van der Waals surface area contributed by atoms with Crippen LogP contribution >= 0.6 is 0 Å². The molecule has 1 atom stereocenters. The maximum absolute atomic E-state index is 13.7. The van der Waals surface area contributed by atoms with E-state index in [1.807, 2.05) is 0 Å². The Kier molecular flexibility index (Phi) is 4.71. The summed E-state index contributed by atoms with van der Waals surface area (Å²) in [5.41, 5.74) is 6.24. The topological polar surface area (TPSA) is 94.5 Å². The Balaban J connectivity index is 1.71. The van der Waals surface area contributed by atoms with E-state index in [1.165, 1.54) is 36.4 Å². The minimum Gasteiger partial charge on any atom is -0.755 e. The predicted octanol–water partition coefficient (Wildman–Crippen LogP) is 3.87. The molecular formula is C19H15F4N6O-. The van der Waals surface area contributed by atoms with Crippen molar-refractivity contribution in [2.75, 3.05) is 5.32 Å². The lowest BCUT2D eigenvalue weighted by Gasteiger charge is -2.38. The highest BCUT2D eigenvalue weighted by Gasteiger charge is 2.30. The van der Waals surface area contributed by atoms with Gasteiger partial charge in [0.15, 0.2) is 5.96 Å². The molecule has 7 nitrogen and oxygen atoms in total. The van der Waals surface area contributed by atoms with Crippen LogP contribution in [0.4, 0.5) is 23.2 Å². The third-order valence-corrected chi connectivity index (χ3v) is 4.50. The molecular weight excluding hydrogens is 404 g/mol. The van der Waals surface area contributed by atoms with E-state index in [1.54, 1.807) is 11.5 Å².